The summed E-state index contributed by atoms with van der Waals surface area (Å²) in [5.74, 6) is -0.499. The molecule has 0 fully saturated rings. The molecule has 0 saturated heterocycles. The molecule has 0 aromatic carbocycles. The Labute approximate surface area is 90.8 Å². The maximum absolute atomic E-state index is 11.3. The minimum Gasteiger partial charge on any atom is -0.350 e. The third-order valence-corrected chi connectivity index (χ3v) is 1.71. The Hall–Kier alpha value is -1.10. The van der Waals surface area contributed by atoms with Crippen LogP contribution >= 0.6 is 0 Å². The van der Waals surface area contributed by atoms with E-state index in [-0.39, 0.29) is 23.9 Å². The molecule has 0 aliphatic heterocycles. The van der Waals surface area contributed by atoms with E-state index in [0.29, 0.717) is 6.42 Å². The van der Waals surface area contributed by atoms with Gasteiger partial charge in [0.25, 0.3) is 0 Å². The van der Waals surface area contributed by atoms with Gasteiger partial charge in [-0.2, -0.15) is 0 Å². The van der Waals surface area contributed by atoms with Crippen LogP contribution in [0.25, 0.3) is 0 Å². The number of rotatable bonds is 4. The maximum atomic E-state index is 11.3. The van der Waals surface area contributed by atoms with Gasteiger partial charge in [-0.15, -0.1) is 0 Å². The van der Waals surface area contributed by atoms with Crippen molar-refractivity contribution in [2.75, 3.05) is 6.54 Å². The van der Waals surface area contributed by atoms with E-state index < -0.39 is 6.04 Å². The molecule has 0 aromatic rings. The summed E-state index contributed by atoms with van der Waals surface area (Å²) in [6.07, 6.45) is 0.562. The zero-order valence-corrected chi connectivity index (χ0v) is 9.89. The second-order valence-electron chi connectivity index (χ2n) is 4.53. The SMILES string of the molecule is CCC(N)C(=O)NCC(=O)NC(C)(C)C. The van der Waals surface area contributed by atoms with E-state index in [1.54, 1.807) is 0 Å². The number of carbonyl (C=O) groups excluding carboxylic acids is 2. The molecule has 2 amide bonds. The van der Waals surface area contributed by atoms with Gasteiger partial charge in [0, 0.05) is 5.54 Å². The van der Waals surface area contributed by atoms with E-state index in [2.05, 4.69) is 10.6 Å². The van der Waals surface area contributed by atoms with Gasteiger partial charge in [0.15, 0.2) is 0 Å². The first-order valence-corrected chi connectivity index (χ1v) is 5.10. The summed E-state index contributed by atoms with van der Waals surface area (Å²) in [4.78, 5) is 22.5. The van der Waals surface area contributed by atoms with Crippen LogP contribution in [0.4, 0.5) is 0 Å². The lowest BCUT2D eigenvalue weighted by Gasteiger charge is -2.20. The van der Waals surface area contributed by atoms with Crippen LogP contribution < -0.4 is 16.4 Å². The highest BCUT2D eigenvalue weighted by atomic mass is 16.2. The van der Waals surface area contributed by atoms with Crippen molar-refractivity contribution in [1.82, 2.24) is 10.6 Å². The van der Waals surface area contributed by atoms with Crippen LogP contribution in [-0.4, -0.2) is 29.9 Å². The van der Waals surface area contributed by atoms with Gasteiger partial charge < -0.3 is 16.4 Å². The highest BCUT2D eigenvalue weighted by Crippen LogP contribution is 1.97. The van der Waals surface area contributed by atoms with E-state index in [0.717, 1.165) is 0 Å². The Kier molecular flexibility index (Phi) is 5.28. The minimum atomic E-state index is -0.535. The van der Waals surface area contributed by atoms with E-state index >= 15 is 0 Å². The molecule has 0 aliphatic rings. The first-order valence-electron chi connectivity index (χ1n) is 5.10. The molecular formula is C10H21N3O2. The summed E-state index contributed by atoms with van der Waals surface area (Å²) in [6, 6.07) is -0.535. The number of nitrogens with one attached hydrogen (secondary N) is 2. The average molecular weight is 215 g/mol. The molecule has 88 valence electrons. The molecular weight excluding hydrogens is 194 g/mol. The first-order chi connectivity index (χ1) is 6.76. The lowest BCUT2D eigenvalue weighted by atomic mass is 10.1. The van der Waals surface area contributed by atoms with Crippen LogP contribution in [-0.2, 0) is 9.59 Å². The van der Waals surface area contributed by atoms with Gasteiger partial charge in [0.2, 0.25) is 11.8 Å². The van der Waals surface area contributed by atoms with E-state index in [1.165, 1.54) is 0 Å². The highest BCUT2D eigenvalue weighted by Gasteiger charge is 2.15. The zero-order valence-electron chi connectivity index (χ0n) is 9.89. The summed E-state index contributed by atoms with van der Waals surface area (Å²) in [7, 11) is 0. The molecule has 0 aromatic heterocycles. The molecule has 0 rings (SSSR count). The van der Waals surface area contributed by atoms with Gasteiger partial charge >= 0.3 is 0 Å². The van der Waals surface area contributed by atoms with Crippen molar-refractivity contribution in [1.29, 1.82) is 0 Å². The van der Waals surface area contributed by atoms with Crippen LogP contribution in [0.1, 0.15) is 34.1 Å². The van der Waals surface area contributed by atoms with Gasteiger partial charge in [-0.1, -0.05) is 6.92 Å². The van der Waals surface area contributed by atoms with Gasteiger partial charge in [0.05, 0.1) is 12.6 Å². The molecule has 5 nitrogen and oxygen atoms in total. The molecule has 0 spiro atoms. The van der Waals surface area contributed by atoms with E-state index in [4.69, 9.17) is 5.73 Å². The lowest BCUT2D eigenvalue weighted by molar-refractivity contribution is -0.127. The fraction of sp³-hybridized carbons (Fsp3) is 0.800. The number of hydrogen-bond acceptors (Lipinski definition) is 3. The number of nitrogens with two attached hydrogens (primary N) is 1. The van der Waals surface area contributed by atoms with Crippen molar-refractivity contribution in [3.63, 3.8) is 0 Å². The highest BCUT2D eigenvalue weighted by molar-refractivity contribution is 5.87. The molecule has 0 aliphatic carbocycles. The predicted octanol–water partition coefficient (Wildman–Crippen LogP) is -0.245. The fourth-order valence-corrected chi connectivity index (χ4v) is 0.946. The van der Waals surface area contributed by atoms with Gasteiger partial charge in [-0.3, -0.25) is 9.59 Å². The summed E-state index contributed by atoms with van der Waals surface area (Å²) in [6.45, 7) is 7.43. The van der Waals surface area contributed by atoms with Crippen LogP contribution in [0.3, 0.4) is 0 Å². The average Bonchev–Trinajstić information content (AvgIpc) is 2.10. The second-order valence-corrected chi connectivity index (χ2v) is 4.53. The lowest BCUT2D eigenvalue weighted by Crippen LogP contribution is -2.48. The molecule has 1 atom stereocenters. The molecule has 0 saturated carbocycles. The summed E-state index contributed by atoms with van der Waals surface area (Å²) in [5.41, 5.74) is 5.20. The van der Waals surface area contributed by atoms with Crippen molar-refractivity contribution in [2.45, 2.75) is 45.7 Å². The molecule has 0 bridgehead atoms. The molecule has 1 unspecified atom stereocenters. The predicted molar refractivity (Wildman–Crippen MR) is 59.2 cm³/mol. The topological polar surface area (TPSA) is 84.2 Å². The number of amides is 2. The van der Waals surface area contributed by atoms with Crippen molar-refractivity contribution in [3.05, 3.63) is 0 Å². The maximum Gasteiger partial charge on any atom is 0.239 e. The van der Waals surface area contributed by atoms with E-state index in [1.807, 2.05) is 27.7 Å². The molecule has 0 radical (unpaired) electrons. The van der Waals surface area contributed by atoms with Crippen molar-refractivity contribution in [3.8, 4) is 0 Å². The zero-order chi connectivity index (χ0) is 12.1. The smallest absolute Gasteiger partial charge is 0.239 e. The van der Waals surface area contributed by atoms with Crippen LogP contribution in [0, 0.1) is 0 Å². The Morgan fingerprint density at radius 3 is 2.27 bits per heavy atom. The quantitative estimate of drug-likeness (QED) is 0.605. The summed E-state index contributed by atoms with van der Waals surface area (Å²) >= 11 is 0. The molecule has 4 N–H and O–H groups in total. The fourth-order valence-electron chi connectivity index (χ4n) is 0.946. The van der Waals surface area contributed by atoms with Crippen LogP contribution in [0.2, 0.25) is 0 Å². The Morgan fingerprint density at radius 1 is 1.33 bits per heavy atom. The Bertz CT molecular complexity index is 233. The third kappa shape index (κ3) is 6.90. The molecule has 15 heavy (non-hydrogen) atoms. The summed E-state index contributed by atoms with van der Waals surface area (Å²) in [5, 5.41) is 5.22. The van der Waals surface area contributed by atoms with Gasteiger partial charge in [0.1, 0.15) is 0 Å². The van der Waals surface area contributed by atoms with Gasteiger partial charge in [-0.25, -0.2) is 0 Å². The largest absolute Gasteiger partial charge is 0.350 e. The molecule has 0 heterocycles. The Balaban J connectivity index is 3.87. The standard InChI is InChI=1S/C10H21N3O2/c1-5-7(11)9(15)12-6-8(14)13-10(2,3)4/h7H,5-6,11H2,1-4H3,(H,12,15)(H,13,14). The monoisotopic (exact) mass is 215 g/mol. The Morgan fingerprint density at radius 2 is 1.87 bits per heavy atom. The summed E-state index contributed by atoms with van der Waals surface area (Å²) < 4.78 is 0. The minimum absolute atomic E-state index is 0.0240. The van der Waals surface area contributed by atoms with Crippen molar-refractivity contribution in [2.24, 2.45) is 5.73 Å². The van der Waals surface area contributed by atoms with Crippen molar-refractivity contribution < 1.29 is 9.59 Å². The number of carbonyl (C=O) groups is 2. The first kappa shape index (κ1) is 13.9. The van der Waals surface area contributed by atoms with Crippen LogP contribution in [0.5, 0.6) is 0 Å². The number of hydrogen-bond donors (Lipinski definition) is 3. The van der Waals surface area contributed by atoms with Crippen molar-refractivity contribution >= 4 is 11.8 Å². The van der Waals surface area contributed by atoms with Crippen LogP contribution in [0.15, 0.2) is 0 Å². The normalized spacial score (nSPS) is 13.1. The van der Waals surface area contributed by atoms with Gasteiger partial charge in [-0.05, 0) is 27.2 Å². The second kappa shape index (κ2) is 5.70. The third-order valence-electron chi connectivity index (χ3n) is 1.71. The van der Waals surface area contributed by atoms with E-state index in [9.17, 15) is 9.59 Å². The molecule has 5 heteroatoms.